The van der Waals surface area contributed by atoms with Gasteiger partial charge in [0.1, 0.15) is 0 Å². The van der Waals surface area contributed by atoms with Gasteiger partial charge in [0.05, 0.1) is 0 Å². The summed E-state index contributed by atoms with van der Waals surface area (Å²) in [5.74, 6) is 0. The lowest BCUT2D eigenvalue weighted by atomic mass is 10.1. The van der Waals surface area contributed by atoms with Crippen LogP contribution < -0.4 is 10.5 Å². The van der Waals surface area contributed by atoms with Gasteiger partial charge in [0.25, 0.3) is 10.2 Å². The Morgan fingerprint density at radius 1 is 1.33 bits per heavy atom. The molecule has 2 unspecified atom stereocenters. The minimum Gasteiger partial charge on any atom is -0.328 e. The van der Waals surface area contributed by atoms with E-state index in [0.29, 0.717) is 19.5 Å². The first-order chi connectivity index (χ1) is 6.92. The van der Waals surface area contributed by atoms with Crippen molar-refractivity contribution in [2.24, 2.45) is 5.73 Å². The number of nitrogens with one attached hydrogen (secondary N) is 1. The van der Waals surface area contributed by atoms with Gasteiger partial charge >= 0.3 is 0 Å². The molecule has 0 bridgehead atoms. The fraction of sp³-hybridized carbons (Fsp3) is 1.00. The second-order valence-electron chi connectivity index (χ2n) is 4.34. The number of hydrogen-bond acceptors (Lipinski definition) is 3. The maximum absolute atomic E-state index is 11.8. The molecule has 1 aliphatic heterocycles. The van der Waals surface area contributed by atoms with Crippen LogP contribution in [0.25, 0.3) is 0 Å². The normalized spacial score (nSPS) is 22.9. The third-order valence-electron chi connectivity index (χ3n) is 2.48. The summed E-state index contributed by atoms with van der Waals surface area (Å²) in [4.78, 5) is 0. The predicted octanol–water partition coefficient (Wildman–Crippen LogP) is 0.0424. The van der Waals surface area contributed by atoms with E-state index in [9.17, 15) is 8.42 Å². The largest absolute Gasteiger partial charge is 0.328 e. The first-order valence-electron chi connectivity index (χ1n) is 5.45. The van der Waals surface area contributed by atoms with E-state index < -0.39 is 10.2 Å². The highest BCUT2D eigenvalue weighted by Gasteiger charge is 2.26. The molecule has 1 fully saturated rings. The highest BCUT2D eigenvalue weighted by atomic mass is 32.2. The number of hydrogen-bond donors (Lipinski definition) is 2. The summed E-state index contributed by atoms with van der Waals surface area (Å²) in [5, 5.41) is 0. The summed E-state index contributed by atoms with van der Waals surface area (Å²) in [6.45, 7) is 5.00. The molecule has 0 aromatic rings. The topological polar surface area (TPSA) is 75.4 Å². The van der Waals surface area contributed by atoms with Gasteiger partial charge < -0.3 is 5.73 Å². The van der Waals surface area contributed by atoms with Crippen molar-refractivity contribution in [3.8, 4) is 0 Å². The zero-order chi connectivity index (χ0) is 11.5. The second kappa shape index (κ2) is 5.25. The van der Waals surface area contributed by atoms with Crippen LogP contribution in [-0.2, 0) is 10.2 Å². The van der Waals surface area contributed by atoms with Crippen LogP contribution in [0.15, 0.2) is 0 Å². The van der Waals surface area contributed by atoms with E-state index in [2.05, 4.69) is 4.72 Å². The maximum atomic E-state index is 11.8. The first kappa shape index (κ1) is 12.9. The average Bonchev–Trinajstić information content (AvgIpc) is 2.51. The van der Waals surface area contributed by atoms with E-state index in [1.807, 2.05) is 13.8 Å². The Hall–Kier alpha value is -0.170. The molecule has 90 valence electrons. The molecule has 0 aromatic carbocycles. The Labute approximate surface area is 92.2 Å². The van der Waals surface area contributed by atoms with E-state index in [4.69, 9.17) is 5.73 Å². The molecule has 5 nitrogen and oxygen atoms in total. The Bertz CT molecular complexity index is 284. The highest BCUT2D eigenvalue weighted by Crippen LogP contribution is 2.12. The van der Waals surface area contributed by atoms with E-state index in [0.717, 1.165) is 12.8 Å². The third kappa shape index (κ3) is 4.06. The molecule has 0 saturated carbocycles. The molecule has 2 atom stereocenters. The van der Waals surface area contributed by atoms with Crippen LogP contribution >= 0.6 is 0 Å². The molecule has 0 amide bonds. The number of nitrogens with zero attached hydrogens (tertiary/aromatic N) is 1. The third-order valence-corrected chi connectivity index (χ3v) is 4.23. The van der Waals surface area contributed by atoms with Gasteiger partial charge in [-0.15, -0.1) is 0 Å². The maximum Gasteiger partial charge on any atom is 0.279 e. The molecule has 1 heterocycles. The van der Waals surface area contributed by atoms with Crippen LogP contribution in [0.5, 0.6) is 0 Å². The van der Waals surface area contributed by atoms with Crippen molar-refractivity contribution in [2.45, 2.75) is 45.2 Å². The van der Waals surface area contributed by atoms with Crippen LogP contribution in [-0.4, -0.2) is 37.9 Å². The molecule has 0 aromatic heterocycles. The smallest absolute Gasteiger partial charge is 0.279 e. The Morgan fingerprint density at radius 3 is 2.33 bits per heavy atom. The lowest BCUT2D eigenvalue weighted by Gasteiger charge is -2.21. The van der Waals surface area contributed by atoms with Crippen molar-refractivity contribution in [3.05, 3.63) is 0 Å². The Morgan fingerprint density at radius 2 is 1.87 bits per heavy atom. The van der Waals surface area contributed by atoms with Gasteiger partial charge in [-0.2, -0.15) is 17.4 Å². The molecular formula is C9H21N3O2S. The van der Waals surface area contributed by atoms with Crippen molar-refractivity contribution < 1.29 is 8.42 Å². The molecule has 0 spiro atoms. The molecule has 6 heteroatoms. The van der Waals surface area contributed by atoms with Crippen LogP contribution in [0.1, 0.15) is 33.1 Å². The first-order valence-corrected chi connectivity index (χ1v) is 6.89. The molecule has 0 radical (unpaired) electrons. The molecule has 3 N–H and O–H groups in total. The zero-order valence-corrected chi connectivity index (χ0v) is 10.3. The van der Waals surface area contributed by atoms with Crippen molar-refractivity contribution in [1.82, 2.24) is 9.03 Å². The predicted molar refractivity (Wildman–Crippen MR) is 60.6 cm³/mol. The molecular weight excluding hydrogens is 214 g/mol. The second-order valence-corrected chi connectivity index (χ2v) is 6.05. The van der Waals surface area contributed by atoms with Crippen LogP contribution in [0.2, 0.25) is 0 Å². The summed E-state index contributed by atoms with van der Waals surface area (Å²) >= 11 is 0. The lowest BCUT2D eigenvalue weighted by Crippen LogP contribution is -2.44. The van der Waals surface area contributed by atoms with Gasteiger partial charge in [0.15, 0.2) is 0 Å². The van der Waals surface area contributed by atoms with Gasteiger partial charge in [0.2, 0.25) is 0 Å². The monoisotopic (exact) mass is 235 g/mol. The van der Waals surface area contributed by atoms with Crippen LogP contribution in [0.3, 0.4) is 0 Å². The summed E-state index contributed by atoms with van der Waals surface area (Å²) in [7, 11) is -3.28. The van der Waals surface area contributed by atoms with Crippen molar-refractivity contribution >= 4 is 10.2 Å². The fourth-order valence-electron chi connectivity index (χ4n) is 1.86. The molecule has 1 rings (SSSR count). The minimum atomic E-state index is -3.28. The zero-order valence-electron chi connectivity index (χ0n) is 9.44. The van der Waals surface area contributed by atoms with E-state index in [1.54, 1.807) is 0 Å². The van der Waals surface area contributed by atoms with E-state index in [-0.39, 0.29) is 12.1 Å². The van der Waals surface area contributed by atoms with E-state index in [1.165, 1.54) is 4.31 Å². The fourth-order valence-corrected chi connectivity index (χ4v) is 3.36. The van der Waals surface area contributed by atoms with Gasteiger partial charge in [-0.1, -0.05) is 0 Å². The molecule has 1 saturated heterocycles. The molecule has 15 heavy (non-hydrogen) atoms. The molecule has 0 aliphatic carbocycles. The summed E-state index contributed by atoms with van der Waals surface area (Å²) in [6, 6.07) is -0.0862. The Balaban J connectivity index is 2.48. The molecule has 1 aliphatic rings. The summed E-state index contributed by atoms with van der Waals surface area (Å²) in [6.07, 6.45) is 2.58. The summed E-state index contributed by atoms with van der Waals surface area (Å²) in [5.41, 5.74) is 5.62. The van der Waals surface area contributed by atoms with Gasteiger partial charge in [-0.25, -0.2) is 0 Å². The summed E-state index contributed by atoms with van der Waals surface area (Å²) < 4.78 is 27.7. The van der Waals surface area contributed by atoms with E-state index >= 15 is 0 Å². The SMILES string of the molecule is CC(N)CC(C)NS(=O)(=O)N1CCCC1. The van der Waals surface area contributed by atoms with Crippen molar-refractivity contribution in [2.75, 3.05) is 13.1 Å². The van der Waals surface area contributed by atoms with Gasteiger partial charge in [-0.3, -0.25) is 0 Å². The van der Waals surface area contributed by atoms with Crippen LogP contribution in [0, 0.1) is 0 Å². The van der Waals surface area contributed by atoms with Gasteiger partial charge in [0, 0.05) is 25.2 Å². The number of nitrogens with two attached hydrogens (primary N) is 1. The highest BCUT2D eigenvalue weighted by molar-refractivity contribution is 7.87. The quantitative estimate of drug-likeness (QED) is 0.706. The lowest BCUT2D eigenvalue weighted by molar-refractivity contribution is 0.445. The minimum absolute atomic E-state index is 0.0151. The van der Waals surface area contributed by atoms with Crippen molar-refractivity contribution in [3.63, 3.8) is 0 Å². The average molecular weight is 235 g/mol. The standard InChI is InChI=1S/C9H21N3O2S/c1-8(10)7-9(2)11-15(13,14)12-5-3-4-6-12/h8-9,11H,3-7,10H2,1-2H3. The Kier molecular flexibility index (Phi) is 4.51. The number of rotatable bonds is 5. The van der Waals surface area contributed by atoms with Gasteiger partial charge in [-0.05, 0) is 33.1 Å². The van der Waals surface area contributed by atoms with Crippen molar-refractivity contribution in [1.29, 1.82) is 0 Å². The van der Waals surface area contributed by atoms with Crippen LogP contribution in [0.4, 0.5) is 0 Å².